The molecule has 2 nitrogen and oxygen atoms in total. The number of hydrogen-bond acceptors (Lipinski definition) is 2. The second kappa shape index (κ2) is 5.25. The van der Waals surface area contributed by atoms with E-state index in [0.29, 0.717) is 11.8 Å². The van der Waals surface area contributed by atoms with Gasteiger partial charge >= 0.3 is 5.97 Å². The molecule has 3 rings (SSSR count). The van der Waals surface area contributed by atoms with Crippen LogP contribution in [0.5, 0.6) is 0 Å². The first-order valence-electron chi connectivity index (χ1n) is 8.84. The van der Waals surface area contributed by atoms with Crippen molar-refractivity contribution in [3.05, 3.63) is 23.8 Å². The van der Waals surface area contributed by atoms with E-state index in [4.69, 9.17) is 4.74 Å². The first kappa shape index (κ1) is 15.8. The number of esters is 1. The van der Waals surface area contributed by atoms with Crippen molar-refractivity contribution < 1.29 is 9.53 Å². The predicted octanol–water partition coefficient (Wildman–Crippen LogP) is 5.05. The van der Waals surface area contributed by atoms with Gasteiger partial charge in [0, 0.05) is 17.9 Å². The largest absolute Gasteiger partial charge is 0.458 e. The zero-order chi connectivity index (χ0) is 16.1. The van der Waals surface area contributed by atoms with E-state index in [1.807, 2.05) is 0 Å². The summed E-state index contributed by atoms with van der Waals surface area (Å²) in [5.41, 5.74) is 2.87. The summed E-state index contributed by atoms with van der Waals surface area (Å²) in [4.78, 5) is 12.0. The van der Waals surface area contributed by atoms with Crippen molar-refractivity contribution in [2.75, 3.05) is 0 Å². The SMILES string of the molecule is C=C1CCC[C@@H]2[C@@](C)([C@@H]3CC(C)=CC(=O)O3)[C@H](C)CC[C@@]12C. The van der Waals surface area contributed by atoms with Gasteiger partial charge in [0.15, 0.2) is 0 Å². The normalized spacial score (nSPS) is 45.8. The molecule has 0 bridgehead atoms. The van der Waals surface area contributed by atoms with Crippen molar-refractivity contribution in [1.29, 1.82) is 0 Å². The van der Waals surface area contributed by atoms with Crippen LogP contribution in [0, 0.1) is 22.7 Å². The number of carbonyl (C=O) groups excluding carboxylic acids is 1. The molecule has 3 aliphatic rings. The van der Waals surface area contributed by atoms with Crippen LogP contribution in [0.3, 0.4) is 0 Å². The van der Waals surface area contributed by atoms with Crippen molar-refractivity contribution in [2.45, 2.75) is 72.3 Å². The van der Waals surface area contributed by atoms with Crippen molar-refractivity contribution in [2.24, 2.45) is 22.7 Å². The molecule has 0 saturated heterocycles. The van der Waals surface area contributed by atoms with Crippen molar-refractivity contribution in [3.63, 3.8) is 0 Å². The molecular formula is C20H30O2. The maximum absolute atomic E-state index is 12.0. The summed E-state index contributed by atoms with van der Waals surface area (Å²) < 4.78 is 5.85. The van der Waals surface area contributed by atoms with Crippen LogP contribution in [-0.4, -0.2) is 12.1 Å². The molecule has 122 valence electrons. The van der Waals surface area contributed by atoms with Gasteiger partial charge in [0.05, 0.1) is 0 Å². The molecule has 0 aromatic heterocycles. The third-order valence-corrected chi connectivity index (χ3v) is 7.28. The van der Waals surface area contributed by atoms with E-state index in [1.165, 1.54) is 37.7 Å². The number of hydrogen-bond donors (Lipinski definition) is 0. The fourth-order valence-electron chi connectivity index (χ4n) is 5.55. The van der Waals surface area contributed by atoms with Gasteiger partial charge in [-0.05, 0) is 56.3 Å². The topological polar surface area (TPSA) is 26.3 Å². The summed E-state index contributed by atoms with van der Waals surface area (Å²) >= 11 is 0. The van der Waals surface area contributed by atoms with Gasteiger partial charge in [-0.15, -0.1) is 0 Å². The smallest absolute Gasteiger partial charge is 0.330 e. The second-order valence-corrected chi connectivity index (χ2v) is 8.39. The average molecular weight is 302 g/mol. The molecule has 0 N–H and O–H groups in total. The lowest BCUT2D eigenvalue weighted by Crippen LogP contribution is -2.56. The Balaban J connectivity index is 2.00. The van der Waals surface area contributed by atoms with Crippen LogP contribution in [-0.2, 0) is 9.53 Å². The van der Waals surface area contributed by atoms with E-state index in [2.05, 4.69) is 34.3 Å². The van der Waals surface area contributed by atoms with E-state index < -0.39 is 0 Å². The number of allylic oxidation sites excluding steroid dienone is 1. The molecule has 0 aromatic rings. The van der Waals surface area contributed by atoms with Crippen LogP contribution < -0.4 is 0 Å². The van der Waals surface area contributed by atoms with Crippen LogP contribution in [0.15, 0.2) is 23.8 Å². The Morgan fingerprint density at radius 1 is 1.32 bits per heavy atom. The lowest BCUT2D eigenvalue weighted by atomic mass is 9.45. The van der Waals surface area contributed by atoms with Gasteiger partial charge in [-0.1, -0.05) is 38.5 Å². The van der Waals surface area contributed by atoms with Crippen molar-refractivity contribution >= 4 is 5.97 Å². The van der Waals surface area contributed by atoms with Gasteiger partial charge in [-0.2, -0.15) is 0 Å². The Labute approximate surface area is 135 Å². The lowest BCUT2D eigenvalue weighted by Gasteiger charge is -2.60. The number of rotatable bonds is 1. The summed E-state index contributed by atoms with van der Waals surface area (Å²) in [7, 11) is 0. The number of carbonyl (C=O) groups is 1. The Morgan fingerprint density at radius 2 is 2.05 bits per heavy atom. The van der Waals surface area contributed by atoms with E-state index in [-0.39, 0.29) is 22.9 Å². The monoisotopic (exact) mass is 302 g/mol. The van der Waals surface area contributed by atoms with Crippen LogP contribution in [0.25, 0.3) is 0 Å². The first-order chi connectivity index (χ1) is 10.3. The highest BCUT2D eigenvalue weighted by Gasteiger charge is 2.58. The quantitative estimate of drug-likeness (QED) is 0.500. The molecule has 1 aliphatic heterocycles. The summed E-state index contributed by atoms with van der Waals surface area (Å²) in [6.07, 6.45) is 8.67. The highest BCUT2D eigenvalue weighted by molar-refractivity contribution is 5.83. The molecular weight excluding hydrogens is 272 g/mol. The van der Waals surface area contributed by atoms with Crippen LogP contribution >= 0.6 is 0 Å². The molecule has 0 aromatic carbocycles. The summed E-state index contributed by atoms with van der Waals surface area (Å²) in [6.45, 7) is 13.6. The van der Waals surface area contributed by atoms with Crippen LogP contribution in [0.4, 0.5) is 0 Å². The standard InChI is InChI=1S/C20H30O2/c1-13-11-17(22-18(21)12-13)20(5)15(3)9-10-19(4)14(2)7-6-8-16(19)20/h12,15-17H,2,6-11H2,1,3-5H3/t15-,16+,17+,19+,20+/m1/s1. The fourth-order valence-corrected chi connectivity index (χ4v) is 5.55. The van der Waals surface area contributed by atoms with Gasteiger partial charge < -0.3 is 4.74 Å². The Morgan fingerprint density at radius 3 is 2.73 bits per heavy atom. The number of ether oxygens (including phenoxy) is 1. The highest BCUT2D eigenvalue weighted by atomic mass is 16.5. The van der Waals surface area contributed by atoms with E-state index in [1.54, 1.807) is 6.08 Å². The molecule has 2 heteroatoms. The van der Waals surface area contributed by atoms with E-state index >= 15 is 0 Å². The van der Waals surface area contributed by atoms with E-state index in [0.717, 1.165) is 12.0 Å². The molecule has 0 amide bonds. The van der Waals surface area contributed by atoms with Crippen molar-refractivity contribution in [1.82, 2.24) is 0 Å². The third-order valence-electron chi connectivity index (χ3n) is 7.28. The Kier molecular flexibility index (Phi) is 3.78. The third kappa shape index (κ3) is 2.18. The molecule has 5 atom stereocenters. The molecule has 0 spiro atoms. The lowest BCUT2D eigenvalue weighted by molar-refractivity contribution is -0.172. The maximum atomic E-state index is 12.0. The molecule has 2 saturated carbocycles. The molecule has 2 aliphatic carbocycles. The minimum absolute atomic E-state index is 0.0236. The maximum Gasteiger partial charge on any atom is 0.330 e. The highest BCUT2D eigenvalue weighted by Crippen LogP contribution is 2.63. The summed E-state index contributed by atoms with van der Waals surface area (Å²) in [5.74, 6) is 1.01. The zero-order valence-corrected chi connectivity index (χ0v) is 14.6. The molecule has 0 unspecified atom stereocenters. The van der Waals surface area contributed by atoms with Gasteiger partial charge in [-0.3, -0.25) is 0 Å². The van der Waals surface area contributed by atoms with E-state index in [9.17, 15) is 4.79 Å². The van der Waals surface area contributed by atoms with Gasteiger partial charge in [0.25, 0.3) is 0 Å². The average Bonchev–Trinajstić information content (AvgIpc) is 2.45. The second-order valence-electron chi connectivity index (χ2n) is 8.39. The Hall–Kier alpha value is -1.05. The summed E-state index contributed by atoms with van der Waals surface area (Å²) in [6, 6.07) is 0. The molecule has 0 radical (unpaired) electrons. The van der Waals surface area contributed by atoms with Crippen LogP contribution in [0.2, 0.25) is 0 Å². The van der Waals surface area contributed by atoms with Crippen molar-refractivity contribution in [3.8, 4) is 0 Å². The first-order valence-corrected chi connectivity index (χ1v) is 8.84. The zero-order valence-electron chi connectivity index (χ0n) is 14.6. The fraction of sp³-hybridized carbons (Fsp3) is 0.750. The van der Waals surface area contributed by atoms with Gasteiger partial charge in [-0.25, -0.2) is 4.79 Å². The van der Waals surface area contributed by atoms with Crippen LogP contribution in [0.1, 0.15) is 66.2 Å². The predicted molar refractivity (Wildman–Crippen MR) is 89.3 cm³/mol. The number of fused-ring (bicyclic) bond motifs is 1. The van der Waals surface area contributed by atoms with Gasteiger partial charge in [0.1, 0.15) is 6.10 Å². The summed E-state index contributed by atoms with van der Waals surface area (Å²) in [5, 5.41) is 0. The molecule has 1 heterocycles. The molecule has 22 heavy (non-hydrogen) atoms. The molecule has 2 fully saturated rings. The number of cyclic esters (lactones) is 1. The van der Waals surface area contributed by atoms with Gasteiger partial charge in [0.2, 0.25) is 0 Å². The minimum atomic E-state index is -0.149. The minimum Gasteiger partial charge on any atom is -0.458 e. The Bertz CT molecular complexity index is 532.